The van der Waals surface area contributed by atoms with Gasteiger partial charge in [0.25, 0.3) is 0 Å². The van der Waals surface area contributed by atoms with Crippen LogP contribution in [0.2, 0.25) is 0 Å². The van der Waals surface area contributed by atoms with Crippen molar-refractivity contribution in [3.63, 3.8) is 0 Å². The SMILES string of the molecule is CSc1nccc(N2CC[C@H](O)[C@@H](O)C2)n1. The fourth-order valence-corrected chi connectivity index (χ4v) is 2.08. The molecule has 0 saturated carbocycles. The second kappa shape index (κ2) is 4.99. The predicted molar refractivity (Wildman–Crippen MR) is 62.7 cm³/mol. The predicted octanol–water partition coefficient (Wildman–Crippen LogP) is 0.130. The zero-order valence-corrected chi connectivity index (χ0v) is 9.89. The van der Waals surface area contributed by atoms with Crippen molar-refractivity contribution in [2.75, 3.05) is 24.2 Å². The van der Waals surface area contributed by atoms with Crippen LogP contribution in [0.4, 0.5) is 5.82 Å². The van der Waals surface area contributed by atoms with Gasteiger partial charge in [-0.1, -0.05) is 11.8 Å². The molecule has 1 aliphatic rings. The van der Waals surface area contributed by atoms with Crippen LogP contribution in [0.1, 0.15) is 6.42 Å². The summed E-state index contributed by atoms with van der Waals surface area (Å²) in [6.45, 7) is 1.13. The van der Waals surface area contributed by atoms with Gasteiger partial charge in [0.1, 0.15) is 5.82 Å². The zero-order valence-electron chi connectivity index (χ0n) is 9.08. The number of β-amino-alcohol motifs (C(OH)–C–C–N with tert-alkyl or cyclic N) is 1. The fraction of sp³-hybridized carbons (Fsp3) is 0.600. The number of aliphatic hydroxyl groups is 2. The lowest BCUT2D eigenvalue weighted by Gasteiger charge is -2.34. The molecule has 2 rings (SSSR count). The first-order valence-electron chi connectivity index (χ1n) is 5.19. The Morgan fingerprint density at radius 2 is 2.25 bits per heavy atom. The van der Waals surface area contributed by atoms with E-state index in [-0.39, 0.29) is 0 Å². The molecule has 6 heteroatoms. The highest BCUT2D eigenvalue weighted by atomic mass is 32.2. The summed E-state index contributed by atoms with van der Waals surface area (Å²) >= 11 is 1.49. The van der Waals surface area contributed by atoms with Gasteiger partial charge in [-0.25, -0.2) is 9.97 Å². The first-order valence-corrected chi connectivity index (χ1v) is 6.41. The first kappa shape index (κ1) is 11.6. The molecule has 0 aliphatic carbocycles. The van der Waals surface area contributed by atoms with Gasteiger partial charge in [0.2, 0.25) is 0 Å². The highest BCUT2D eigenvalue weighted by molar-refractivity contribution is 7.98. The molecule has 0 radical (unpaired) electrons. The van der Waals surface area contributed by atoms with Gasteiger partial charge >= 0.3 is 0 Å². The average molecular weight is 241 g/mol. The van der Waals surface area contributed by atoms with Crippen LogP contribution in [0.15, 0.2) is 17.4 Å². The van der Waals surface area contributed by atoms with Gasteiger partial charge in [-0.3, -0.25) is 0 Å². The maximum absolute atomic E-state index is 9.60. The molecule has 1 saturated heterocycles. The van der Waals surface area contributed by atoms with Crippen LogP contribution in [0.5, 0.6) is 0 Å². The van der Waals surface area contributed by atoms with E-state index in [0.717, 1.165) is 11.0 Å². The second-order valence-electron chi connectivity index (χ2n) is 3.77. The molecule has 0 aromatic carbocycles. The van der Waals surface area contributed by atoms with Gasteiger partial charge < -0.3 is 15.1 Å². The van der Waals surface area contributed by atoms with Crippen LogP contribution in [0.25, 0.3) is 0 Å². The number of rotatable bonds is 2. The van der Waals surface area contributed by atoms with E-state index in [2.05, 4.69) is 9.97 Å². The summed E-state index contributed by atoms with van der Waals surface area (Å²) in [6.07, 6.45) is 2.90. The van der Waals surface area contributed by atoms with Crippen LogP contribution in [-0.2, 0) is 0 Å². The number of nitrogens with zero attached hydrogens (tertiary/aromatic N) is 3. The van der Waals surface area contributed by atoms with Crippen molar-refractivity contribution < 1.29 is 10.2 Å². The number of hydrogen-bond donors (Lipinski definition) is 2. The summed E-state index contributed by atoms with van der Waals surface area (Å²) in [5, 5.41) is 19.7. The Morgan fingerprint density at radius 1 is 1.44 bits per heavy atom. The largest absolute Gasteiger partial charge is 0.390 e. The van der Waals surface area contributed by atoms with Crippen molar-refractivity contribution in [1.82, 2.24) is 9.97 Å². The molecule has 0 bridgehead atoms. The molecule has 0 spiro atoms. The van der Waals surface area contributed by atoms with E-state index in [0.29, 0.717) is 19.5 Å². The molecule has 1 aromatic rings. The van der Waals surface area contributed by atoms with Gasteiger partial charge in [0, 0.05) is 19.3 Å². The Hall–Kier alpha value is -0.850. The van der Waals surface area contributed by atoms with Crippen molar-refractivity contribution in [3.8, 4) is 0 Å². The van der Waals surface area contributed by atoms with Crippen molar-refractivity contribution in [2.24, 2.45) is 0 Å². The topological polar surface area (TPSA) is 69.5 Å². The minimum absolute atomic E-state index is 0.423. The highest BCUT2D eigenvalue weighted by Gasteiger charge is 2.26. The molecule has 1 aromatic heterocycles. The van der Waals surface area contributed by atoms with E-state index in [1.165, 1.54) is 11.8 Å². The molecule has 16 heavy (non-hydrogen) atoms. The third-order valence-electron chi connectivity index (χ3n) is 2.67. The Kier molecular flexibility index (Phi) is 3.63. The minimum atomic E-state index is -0.693. The third-order valence-corrected chi connectivity index (χ3v) is 3.23. The Bertz CT molecular complexity index is 364. The average Bonchev–Trinajstić information content (AvgIpc) is 2.33. The van der Waals surface area contributed by atoms with Crippen LogP contribution >= 0.6 is 11.8 Å². The molecule has 1 fully saturated rings. The van der Waals surface area contributed by atoms with Crippen molar-refractivity contribution in [3.05, 3.63) is 12.3 Å². The quantitative estimate of drug-likeness (QED) is 0.566. The summed E-state index contributed by atoms with van der Waals surface area (Å²) in [7, 11) is 0. The molecule has 2 N–H and O–H groups in total. The second-order valence-corrected chi connectivity index (χ2v) is 4.54. The van der Waals surface area contributed by atoms with E-state index < -0.39 is 12.2 Å². The van der Waals surface area contributed by atoms with E-state index in [1.54, 1.807) is 6.20 Å². The Morgan fingerprint density at radius 3 is 2.94 bits per heavy atom. The van der Waals surface area contributed by atoms with E-state index in [1.807, 2.05) is 17.2 Å². The molecular formula is C10H15N3O2S. The van der Waals surface area contributed by atoms with Crippen molar-refractivity contribution >= 4 is 17.6 Å². The highest BCUT2D eigenvalue weighted by Crippen LogP contribution is 2.19. The van der Waals surface area contributed by atoms with Gasteiger partial charge in [0.15, 0.2) is 5.16 Å². The molecule has 0 amide bonds. The summed E-state index contributed by atoms with van der Waals surface area (Å²) in [5.41, 5.74) is 0. The Balaban J connectivity index is 2.12. The van der Waals surface area contributed by atoms with E-state index in [4.69, 9.17) is 0 Å². The first-order chi connectivity index (χ1) is 7.70. The normalized spacial score (nSPS) is 25.8. The lowest BCUT2D eigenvalue weighted by atomic mass is 10.1. The number of thioether (sulfide) groups is 1. The number of aromatic nitrogens is 2. The van der Waals surface area contributed by atoms with Crippen LogP contribution in [0.3, 0.4) is 0 Å². The number of anilines is 1. The number of aliphatic hydroxyl groups excluding tert-OH is 2. The smallest absolute Gasteiger partial charge is 0.189 e. The van der Waals surface area contributed by atoms with E-state index in [9.17, 15) is 10.2 Å². The molecule has 2 atom stereocenters. The summed E-state index contributed by atoms with van der Waals surface area (Å²) < 4.78 is 0. The summed E-state index contributed by atoms with van der Waals surface area (Å²) in [4.78, 5) is 10.4. The maximum atomic E-state index is 9.60. The minimum Gasteiger partial charge on any atom is -0.390 e. The molecule has 88 valence electrons. The van der Waals surface area contributed by atoms with Gasteiger partial charge in [-0.2, -0.15) is 0 Å². The third kappa shape index (κ3) is 2.45. The maximum Gasteiger partial charge on any atom is 0.189 e. The van der Waals surface area contributed by atoms with E-state index >= 15 is 0 Å². The Labute approximate surface area is 98.5 Å². The molecule has 0 unspecified atom stereocenters. The summed E-state index contributed by atoms with van der Waals surface area (Å²) in [5.74, 6) is 0.810. The standard InChI is InChI=1S/C10H15N3O2S/c1-16-10-11-4-2-9(12-10)13-5-3-7(14)8(15)6-13/h2,4,7-8,14-15H,3,5-6H2,1H3/t7-,8-/m0/s1. The molecule has 1 aliphatic heterocycles. The van der Waals surface area contributed by atoms with Crippen LogP contribution in [-0.4, -0.2) is 51.7 Å². The number of piperidine rings is 1. The van der Waals surface area contributed by atoms with Crippen molar-refractivity contribution in [2.45, 2.75) is 23.8 Å². The van der Waals surface area contributed by atoms with Crippen LogP contribution < -0.4 is 4.90 Å². The van der Waals surface area contributed by atoms with Gasteiger partial charge in [0.05, 0.1) is 12.2 Å². The van der Waals surface area contributed by atoms with Crippen molar-refractivity contribution in [1.29, 1.82) is 0 Å². The monoisotopic (exact) mass is 241 g/mol. The molecule has 5 nitrogen and oxygen atoms in total. The molecular weight excluding hydrogens is 226 g/mol. The van der Waals surface area contributed by atoms with Crippen LogP contribution in [0, 0.1) is 0 Å². The van der Waals surface area contributed by atoms with Gasteiger partial charge in [-0.05, 0) is 18.7 Å². The molecule has 2 heterocycles. The summed E-state index contributed by atoms with van der Waals surface area (Å²) in [6, 6.07) is 1.82. The fourth-order valence-electron chi connectivity index (χ4n) is 1.73. The lowest BCUT2D eigenvalue weighted by Crippen LogP contribution is -2.47. The van der Waals surface area contributed by atoms with Gasteiger partial charge in [-0.15, -0.1) is 0 Å². The number of hydrogen-bond acceptors (Lipinski definition) is 6. The zero-order chi connectivity index (χ0) is 11.5. The lowest BCUT2D eigenvalue weighted by molar-refractivity contribution is 0.00783.